The van der Waals surface area contributed by atoms with Crippen molar-refractivity contribution in [3.05, 3.63) is 49.1 Å². The fourth-order valence-electron chi connectivity index (χ4n) is 4.74. The summed E-state index contributed by atoms with van der Waals surface area (Å²) in [5, 5.41) is 19.1. The Morgan fingerprint density at radius 2 is 2.03 bits per heavy atom. The number of benzene rings is 1. The third-order valence-corrected chi connectivity index (χ3v) is 6.78. The summed E-state index contributed by atoms with van der Waals surface area (Å²) in [4.78, 5) is 5.97. The van der Waals surface area contributed by atoms with Crippen LogP contribution < -0.4 is 4.90 Å². The predicted molar refractivity (Wildman–Crippen MR) is 120 cm³/mol. The topological polar surface area (TPSA) is 67.1 Å². The number of aromatic hydroxyl groups is 1. The lowest BCUT2D eigenvalue weighted by Crippen LogP contribution is -2.50. The molecule has 0 radical (unpaired) electrons. The van der Waals surface area contributed by atoms with Gasteiger partial charge in [0.25, 0.3) is 5.92 Å². The Morgan fingerprint density at radius 1 is 1.22 bits per heavy atom. The summed E-state index contributed by atoms with van der Waals surface area (Å²) in [6, 6.07) is 8.92. The first kappa shape index (κ1) is 22.2. The second-order valence-electron chi connectivity index (χ2n) is 8.97. The Morgan fingerprint density at radius 3 is 2.66 bits per heavy atom. The summed E-state index contributed by atoms with van der Waals surface area (Å²) in [6.07, 6.45) is 7.10. The van der Waals surface area contributed by atoms with Crippen molar-refractivity contribution in [2.75, 3.05) is 11.9 Å². The molecule has 2 heterocycles. The van der Waals surface area contributed by atoms with E-state index in [4.69, 9.17) is 0 Å². The number of phenolic OH excluding ortho intramolecular Hbond substituents is 1. The number of phenols is 1. The molecule has 32 heavy (non-hydrogen) atoms. The molecule has 0 saturated heterocycles. The monoisotopic (exact) mass is 441 g/mol. The van der Waals surface area contributed by atoms with Gasteiger partial charge < -0.3 is 14.6 Å². The standard InChI is InChI=1S/C24H29F2N5O/c1-4-10-23(2)15-18(9-11-24(23,25)26)30(3)22-8-7-20(28-29-22)19-6-5-17(14-21(19)32)31-13-12-27-16-31/h5-8,12-14,16,18,32H,4,9-11,15H2,1-3H3/t18-,23-/m0/s1. The van der Waals surface area contributed by atoms with Gasteiger partial charge in [0, 0.05) is 48.9 Å². The van der Waals surface area contributed by atoms with Gasteiger partial charge in [-0.15, -0.1) is 10.2 Å². The van der Waals surface area contributed by atoms with E-state index in [9.17, 15) is 13.9 Å². The van der Waals surface area contributed by atoms with Crippen LogP contribution in [0.5, 0.6) is 5.75 Å². The van der Waals surface area contributed by atoms with Crippen LogP contribution in [0.4, 0.5) is 14.6 Å². The van der Waals surface area contributed by atoms with Crippen molar-refractivity contribution < 1.29 is 13.9 Å². The van der Waals surface area contributed by atoms with E-state index in [1.165, 1.54) is 0 Å². The van der Waals surface area contributed by atoms with Crippen LogP contribution in [-0.4, -0.2) is 43.9 Å². The van der Waals surface area contributed by atoms with E-state index < -0.39 is 11.3 Å². The van der Waals surface area contributed by atoms with Gasteiger partial charge in [-0.05, 0) is 43.5 Å². The molecule has 4 rings (SSSR count). The maximum atomic E-state index is 14.6. The van der Waals surface area contributed by atoms with Gasteiger partial charge in [-0.3, -0.25) is 0 Å². The summed E-state index contributed by atoms with van der Waals surface area (Å²) < 4.78 is 31.0. The summed E-state index contributed by atoms with van der Waals surface area (Å²) in [6.45, 7) is 3.66. The molecule has 0 unspecified atom stereocenters. The number of hydrogen-bond donors (Lipinski definition) is 1. The van der Waals surface area contributed by atoms with Crippen molar-refractivity contribution in [2.24, 2.45) is 5.41 Å². The molecule has 1 aliphatic rings. The number of nitrogens with zero attached hydrogens (tertiary/aromatic N) is 5. The molecule has 1 fully saturated rings. The zero-order valence-electron chi connectivity index (χ0n) is 18.7. The van der Waals surface area contributed by atoms with Crippen molar-refractivity contribution in [3.8, 4) is 22.7 Å². The minimum absolute atomic E-state index is 0.0193. The fourth-order valence-corrected chi connectivity index (χ4v) is 4.74. The minimum Gasteiger partial charge on any atom is -0.507 e. The van der Waals surface area contributed by atoms with E-state index in [-0.39, 0.29) is 18.2 Å². The Kier molecular flexibility index (Phi) is 5.88. The van der Waals surface area contributed by atoms with Crippen LogP contribution in [0.2, 0.25) is 0 Å². The molecule has 0 aliphatic heterocycles. The highest BCUT2D eigenvalue weighted by Crippen LogP contribution is 2.51. The first-order valence-electron chi connectivity index (χ1n) is 11.0. The Bertz CT molecular complexity index is 1050. The van der Waals surface area contributed by atoms with Gasteiger partial charge in [0.2, 0.25) is 0 Å². The zero-order valence-corrected chi connectivity index (χ0v) is 18.7. The maximum absolute atomic E-state index is 14.6. The van der Waals surface area contributed by atoms with Gasteiger partial charge in [0.15, 0.2) is 5.82 Å². The van der Waals surface area contributed by atoms with Crippen molar-refractivity contribution in [1.82, 2.24) is 19.7 Å². The summed E-state index contributed by atoms with van der Waals surface area (Å²) in [5.41, 5.74) is 0.901. The van der Waals surface area contributed by atoms with Gasteiger partial charge in [-0.1, -0.05) is 20.3 Å². The molecule has 1 aliphatic carbocycles. The van der Waals surface area contributed by atoms with Crippen molar-refractivity contribution in [3.63, 3.8) is 0 Å². The molecular formula is C24H29F2N5O. The summed E-state index contributed by atoms with van der Waals surface area (Å²) >= 11 is 0. The van der Waals surface area contributed by atoms with Gasteiger partial charge >= 0.3 is 0 Å². The molecule has 0 amide bonds. The Labute approximate surface area is 186 Å². The molecule has 170 valence electrons. The third-order valence-electron chi connectivity index (χ3n) is 6.78. The number of halogens is 2. The normalized spacial score (nSPS) is 22.6. The van der Waals surface area contributed by atoms with Crippen LogP contribution in [0.25, 0.3) is 16.9 Å². The SMILES string of the molecule is CCC[C@@]1(C)C[C@@H](N(C)c2ccc(-c3ccc(-n4ccnc4)cc3O)nn2)CCC1(F)F. The van der Waals surface area contributed by atoms with Crippen molar-refractivity contribution >= 4 is 5.82 Å². The maximum Gasteiger partial charge on any atom is 0.253 e. The summed E-state index contributed by atoms with van der Waals surface area (Å²) in [7, 11) is 1.89. The zero-order chi connectivity index (χ0) is 22.9. The molecule has 8 heteroatoms. The average Bonchev–Trinajstić information content (AvgIpc) is 3.31. The van der Waals surface area contributed by atoms with Crippen LogP contribution in [0, 0.1) is 5.41 Å². The number of alkyl halides is 2. The second-order valence-corrected chi connectivity index (χ2v) is 8.97. The molecule has 2 aromatic heterocycles. The van der Waals surface area contributed by atoms with E-state index in [2.05, 4.69) is 15.2 Å². The molecule has 2 atom stereocenters. The van der Waals surface area contributed by atoms with E-state index >= 15 is 0 Å². The van der Waals surface area contributed by atoms with Crippen LogP contribution >= 0.6 is 0 Å². The van der Waals surface area contributed by atoms with E-state index in [0.717, 1.165) is 12.1 Å². The van der Waals surface area contributed by atoms with E-state index in [1.54, 1.807) is 48.4 Å². The Balaban J connectivity index is 1.51. The lowest BCUT2D eigenvalue weighted by Gasteiger charge is -2.47. The Hall–Kier alpha value is -3.03. The summed E-state index contributed by atoms with van der Waals surface area (Å²) in [5.74, 6) is -1.91. The van der Waals surface area contributed by atoms with E-state index in [0.29, 0.717) is 36.3 Å². The predicted octanol–water partition coefficient (Wildman–Crippen LogP) is 5.47. The first-order valence-corrected chi connectivity index (χ1v) is 11.0. The fraction of sp³-hybridized carbons (Fsp3) is 0.458. The average molecular weight is 442 g/mol. The number of anilines is 1. The minimum atomic E-state index is -2.64. The molecule has 0 bridgehead atoms. The van der Waals surface area contributed by atoms with Crippen molar-refractivity contribution in [2.45, 2.75) is 57.9 Å². The lowest BCUT2D eigenvalue weighted by atomic mass is 9.68. The molecule has 1 N–H and O–H groups in total. The molecule has 1 saturated carbocycles. The molecule has 1 aromatic carbocycles. The molecule has 6 nitrogen and oxygen atoms in total. The number of hydrogen-bond acceptors (Lipinski definition) is 5. The molecule has 3 aromatic rings. The third kappa shape index (κ3) is 4.06. The van der Waals surface area contributed by atoms with Gasteiger partial charge in [0.1, 0.15) is 5.75 Å². The molecular weight excluding hydrogens is 412 g/mol. The van der Waals surface area contributed by atoms with E-state index in [1.807, 2.05) is 31.0 Å². The van der Waals surface area contributed by atoms with Crippen molar-refractivity contribution in [1.29, 1.82) is 0 Å². The van der Waals surface area contributed by atoms with Crippen LogP contribution in [0.1, 0.15) is 46.0 Å². The molecule has 0 spiro atoms. The van der Waals surface area contributed by atoms with Gasteiger partial charge in [-0.25, -0.2) is 13.8 Å². The number of aromatic nitrogens is 4. The second kappa shape index (κ2) is 8.48. The van der Waals surface area contributed by atoms with Crippen LogP contribution in [0.15, 0.2) is 49.1 Å². The van der Waals surface area contributed by atoms with Crippen LogP contribution in [-0.2, 0) is 0 Å². The van der Waals surface area contributed by atoms with Gasteiger partial charge in [-0.2, -0.15) is 0 Å². The highest BCUT2D eigenvalue weighted by Gasteiger charge is 2.53. The smallest absolute Gasteiger partial charge is 0.253 e. The number of imidazole rings is 1. The van der Waals surface area contributed by atoms with Gasteiger partial charge in [0.05, 0.1) is 17.7 Å². The van der Waals surface area contributed by atoms with Crippen LogP contribution in [0.3, 0.4) is 0 Å². The lowest BCUT2D eigenvalue weighted by molar-refractivity contribution is -0.149. The quantitative estimate of drug-likeness (QED) is 0.550. The highest BCUT2D eigenvalue weighted by atomic mass is 19.3. The number of rotatable bonds is 6. The first-order chi connectivity index (χ1) is 15.2. The largest absolute Gasteiger partial charge is 0.507 e. The highest BCUT2D eigenvalue weighted by molar-refractivity contribution is 5.69.